The molecule has 2 amide bonds. The molecule has 2 N–H and O–H groups in total. The van der Waals surface area contributed by atoms with Crippen LogP contribution in [-0.2, 0) is 0 Å². The van der Waals surface area contributed by atoms with Crippen LogP contribution >= 0.6 is 22.9 Å². The normalized spacial score (nSPS) is 10.4. The van der Waals surface area contributed by atoms with Gasteiger partial charge in [-0.3, -0.25) is 9.59 Å². The van der Waals surface area contributed by atoms with Gasteiger partial charge in [0.05, 0.1) is 27.6 Å². The number of benzene rings is 2. The van der Waals surface area contributed by atoms with Gasteiger partial charge in [0, 0.05) is 11.8 Å². The molecule has 3 rings (SSSR count). The Hall–Kier alpha value is -2.90. The van der Waals surface area contributed by atoms with E-state index in [1.165, 1.54) is 6.07 Å². The van der Waals surface area contributed by atoms with Gasteiger partial charge in [0.15, 0.2) is 0 Å². The molecule has 0 unspecified atom stereocenters. The second kappa shape index (κ2) is 8.41. The van der Waals surface area contributed by atoms with Crippen LogP contribution in [0.3, 0.4) is 0 Å². The fourth-order valence-corrected chi connectivity index (χ4v) is 3.73. The maximum atomic E-state index is 13.1. The topological polar surface area (TPSA) is 67.4 Å². The lowest BCUT2D eigenvalue weighted by Gasteiger charge is -2.06. The third-order valence-corrected chi connectivity index (χ3v) is 5.33. The first-order chi connectivity index (χ1) is 13.4. The number of carbonyl (C=O) groups is 2. The highest BCUT2D eigenvalue weighted by Crippen LogP contribution is 2.29. The number of halogens is 2. The molecule has 1 aromatic heterocycles. The molecule has 0 saturated heterocycles. The molecule has 0 aliphatic rings. The van der Waals surface area contributed by atoms with Gasteiger partial charge in [-0.25, -0.2) is 4.39 Å². The molecule has 8 heteroatoms. The Bertz CT molecular complexity index is 1050. The minimum Gasteiger partial charge on any atom is -0.497 e. The van der Waals surface area contributed by atoms with Crippen molar-refractivity contribution in [3.63, 3.8) is 0 Å². The van der Waals surface area contributed by atoms with Crippen molar-refractivity contribution >= 4 is 45.4 Å². The summed E-state index contributed by atoms with van der Waals surface area (Å²) in [5, 5.41) is 5.99. The molecule has 3 aromatic rings. The number of rotatable bonds is 5. The van der Waals surface area contributed by atoms with Gasteiger partial charge in [-0.2, -0.15) is 0 Å². The minimum absolute atomic E-state index is 0.0155. The Kier molecular flexibility index (Phi) is 5.96. The lowest BCUT2D eigenvalue weighted by molar-refractivity contribution is 0.102. The molecule has 0 radical (unpaired) electrons. The van der Waals surface area contributed by atoms with Crippen molar-refractivity contribution in [3.8, 4) is 5.75 Å². The quantitative estimate of drug-likeness (QED) is 0.586. The van der Waals surface area contributed by atoms with Crippen LogP contribution in [0.25, 0.3) is 0 Å². The van der Waals surface area contributed by atoms with E-state index in [0.29, 0.717) is 26.9 Å². The maximum Gasteiger partial charge on any atom is 0.266 e. The molecular weight excluding hydrogens is 403 g/mol. The molecule has 2 aromatic carbocycles. The monoisotopic (exact) mass is 418 g/mol. The Morgan fingerprint density at radius 3 is 2.57 bits per heavy atom. The van der Waals surface area contributed by atoms with E-state index in [1.54, 1.807) is 44.4 Å². The molecule has 0 aliphatic heterocycles. The third kappa shape index (κ3) is 4.49. The first-order valence-electron chi connectivity index (χ1n) is 8.19. The summed E-state index contributed by atoms with van der Waals surface area (Å²) >= 11 is 7.06. The number of ether oxygens (including phenoxy) is 1. The summed E-state index contributed by atoms with van der Waals surface area (Å²) in [7, 11) is 1.55. The summed E-state index contributed by atoms with van der Waals surface area (Å²) < 4.78 is 18.3. The van der Waals surface area contributed by atoms with Crippen LogP contribution in [0, 0.1) is 12.7 Å². The molecule has 0 atom stereocenters. The molecule has 0 fully saturated rings. The van der Waals surface area contributed by atoms with E-state index in [4.69, 9.17) is 16.3 Å². The first kappa shape index (κ1) is 19.9. The van der Waals surface area contributed by atoms with E-state index < -0.39 is 11.7 Å². The number of methoxy groups -OCH3 is 1. The molecule has 0 bridgehead atoms. The van der Waals surface area contributed by atoms with Gasteiger partial charge in [-0.15, -0.1) is 11.3 Å². The summed E-state index contributed by atoms with van der Waals surface area (Å²) in [6.07, 6.45) is 0. The van der Waals surface area contributed by atoms with Gasteiger partial charge in [0.25, 0.3) is 11.8 Å². The smallest absolute Gasteiger partial charge is 0.266 e. The number of nitrogens with one attached hydrogen (secondary N) is 2. The molecule has 5 nitrogen and oxygen atoms in total. The number of thiophene rings is 1. The average Bonchev–Trinajstić information content (AvgIpc) is 3.02. The highest BCUT2D eigenvalue weighted by atomic mass is 35.5. The van der Waals surface area contributed by atoms with Crippen molar-refractivity contribution in [1.82, 2.24) is 0 Å². The van der Waals surface area contributed by atoms with E-state index in [1.807, 2.05) is 0 Å². The molecule has 144 valence electrons. The summed E-state index contributed by atoms with van der Waals surface area (Å²) in [6.45, 7) is 1.78. The van der Waals surface area contributed by atoms with E-state index >= 15 is 0 Å². The average molecular weight is 419 g/mol. The van der Waals surface area contributed by atoms with E-state index in [9.17, 15) is 14.0 Å². The van der Waals surface area contributed by atoms with Crippen LogP contribution in [0.5, 0.6) is 5.75 Å². The lowest BCUT2D eigenvalue weighted by atomic mass is 10.2. The zero-order valence-corrected chi connectivity index (χ0v) is 16.6. The summed E-state index contributed by atoms with van der Waals surface area (Å²) in [5.41, 5.74) is 1.46. The van der Waals surface area contributed by atoms with Crippen molar-refractivity contribution in [1.29, 1.82) is 0 Å². The maximum absolute atomic E-state index is 13.1. The van der Waals surface area contributed by atoms with E-state index in [0.717, 1.165) is 23.5 Å². The van der Waals surface area contributed by atoms with Crippen molar-refractivity contribution in [2.24, 2.45) is 0 Å². The van der Waals surface area contributed by atoms with E-state index in [2.05, 4.69) is 10.6 Å². The number of aryl methyl sites for hydroxylation is 1. The van der Waals surface area contributed by atoms with Crippen molar-refractivity contribution < 1.29 is 18.7 Å². The fraction of sp³-hybridized carbons (Fsp3) is 0.100. The Labute approximate surface area is 170 Å². The van der Waals surface area contributed by atoms with Gasteiger partial charge in [0.2, 0.25) is 0 Å². The summed E-state index contributed by atoms with van der Waals surface area (Å²) in [5.74, 6) is -0.670. The molecule has 1 heterocycles. The Morgan fingerprint density at radius 2 is 1.86 bits per heavy atom. The van der Waals surface area contributed by atoms with Crippen LogP contribution in [0.4, 0.5) is 15.1 Å². The van der Waals surface area contributed by atoms with Crippen molar-refractivity contribution in [2.75, 3.05) is 17.7 Å². The van der Waals surface area contributed by atoms with Crippen LogP contribution in [0.15, 0.2) is 48.5 Å². The number of hydrogen-bond donors (Lipinski definition) is 2. The fourth-order valence-electron chi connectivity index (χ4n) is 2.51. The molecule has 0 aliphatic carbocycles. The summed E-state index contributed by atoms with van der Waals surface area (Å²) in [6, 6.07) is 12.2. The summed E-state index contributed by atoms with van der Waals surface area (Å²) in [4.78, 5) is 25.4. The van der Waals surface area contributed by atoms with Gasteiger partial charge in [0.1, 0.15) is 11.6 Å². The molecule has 28 heavy (non-hydrogen) atoms. The zero-order valence-electron chi connectivity index (χ0n) is 15.0. The Balaban J connectivity index is 1.75. The molecular formula is C20H16ClFN2O3S. The van der Waals surface area contributed by atoms with Gasteiger partial charge in [-0.05, 0) is 48.9 Å². The SMILES string of the molecule is COc1cccc(NC(=O)c2sc(NC(=O)c3ccc(F)cc3Cl)cc2C)c1. The minimum atomic E-state index is -0.523. The largest absolute Gasteiger partial charge is 0.497 e. The van der Waals surface area contributed by atoms with Crippen LogP contribution in [0.1, 0.15) is 25.6 Å². The number of anilines is 2. The molecule has 0 spiro atoms. The van der Waals surface area contributed by atoms with Crippen LogP contribution in [-0.4, -0.2) is 18.9 Å². The standard InChI is InChI=1S/C20H16ClFN2O3S/c1-11-8-17(24-19(25)15-7-6-12(22)9-16(15)21)28-18(11)20(26)23-13-4-3-5-14(10-13)27-2/h3-10H,1-2H3,(H,23,26)(H,24,25). The predicted octanol–water partition coefficient (Wildman–Crippen LogP) is 5.36. The van der Waals surface area contributed by atoms with Crippen molar-refractivity contribution in [3.05, 3.63) is 75.4 Å². The van der Waals surface area contributed by atoms with Gasteiger partial charge in [-0.1, -0.05) is 17.7 Å². The number of hydrogen-bond acceptors (Lipinski definition) is 4. The second-order valence-electron chi connectivity index (χ2n) is 5.89. The third-order valence-electron chi connectivity index (χ3n) is 3.86. The number of carbonyl (C=O) groups excluding carboxylic acids is 2. The first-order valence-corrected chi connectivity index (χ1v) is 9.39. The van der Waals surface area contributed by atoms with Gasteiger partial charge >= 0.3 is 0 Å². The highest BCUT2D eigenvalue weighted by molar-refractivity contribution is 7.18. The zero-order chi connectivity index (χ0) is 20.3. The number of amides is 2. The van der Waals surface area contributed by atoms with Crippen molar-refractivity contribution in [2.45, 2.75) is 6.92 Å². The lowest BCUT2D eigenvalue weighted by Crippen LogP contribution is -2.12. The second-order valence-corrected chi connectivity index (χ2v) is 7.35. The van der Waals surface area contributed by atoms with E-state index in [-0.39, 0.29) is 16.5 Å². The van der Waals surface area contributed by atoms with Gasteiger partial charge < -0.3 is 15.4 Å². The molecule has 0 saturated carbocycles. The van der Waals surface area contributed by atoms with Crippen LogP contribution < -0.4 is 15.4 Å². The Morgan fingerprint density at radius 1 is 1.07 bits per heavy atom. The van der Waals surface area contributed by atoms with Crippen LogP contribution in [0.2, 0.25) is 5.02 Å². The highest BCUT2D eigenvalue weighted by Gasteiger charge is 2.17. The predicted molar refractivity (Wildman–Crippen MR) is 109 cm³/mol.